The summed E-state index contributed by atoms with van der Waals surface area (Å²) in [4.78, 5) is 10.3. The topological polar surface area (TPSA) is 76.4 Å². The van der Waals surface area contributed by atoms with Gasteiger partial charge in [-0.25, -0.2) is 0 Å². The van der Waals surface area contributed by atoms with Crippen molar-refractivity contribution in [1.82, 2.24) is 0 Å². The number of nitro groups is 1. The van der Waals surface area contributed by atoms with E-state index in [4.69, 9.17) is 23.8 Å². The van der Waals surface area contributed by atoms with E-state index in [0.29, 0.717) is 10.7 Å². The zero-order chi connectivity index (χ0) is 20.2. The number of nitrogens with zero attached hydrogens (tertiary/aromatic N) is 1. The number of rotatable bonds is 5. The number of nitrogens with one attached hydrogen (secondary N) is 2. The van der Waals surface area contributed by atoms with Gasteiger partial charge in [0.25, 0.3) is 5.69 Å². The van der Waals surface area contributed by atoms with Gasteiger partial charge in [0, 0.05) is 22.8 Å². The minimum Gasteiger partial charge on any atom is -0.484 e. The molecular weight excluding hydrogens is 407 g/mol. The van der Waals surface area contributed by atoms with Gasteiger partial charge in [0.2, 0.25) is 0 Å². The predicted molar refractivity (Wildman–Crippen MR) is 101 cm³/mol. The van der Waals surface area contributed by atoms with E-state index in [0.717, 1.165) is 17.7 Å². The number of alkyl halides is 3. The molecule has 0 saturated carbocycles. The molecule has 2 aromatic rings. The van der Waals surface area contributed by atoms with Crippen molar-refractivity contribution in [2.24, 2.45) is 0 Å². The van der Waals surface area contributed by atoms with Crippen molar-refractivity contribution in [2.75, 3.05) is 17.2 Å². The van der Waals surface area contributed by atoms with Crippen molar-refractivity contribution in [2.45, 2.75) is 13.1 Å². The van der Waals surface area contributed by atoms with E-state index in [1.54, 1.807) is 18.2 Å². The Morgan fingerprint density at radius 2 is 1.96 bits per heavy atom. The Labute approximate surface area is 162 Å². The predicted octanol–water partition coefficient (Wildman–Crippen LogP) is 5.31. The summed E-state index contributed by atoms with van der Waals surface area (Å²) in [5.41, 5.74) is 1.10. The highest BCUT2D eigenvalue weighted by molar-refractivity contribution is 7.80. The Balaban J connectivity index is 2.18. The smallest absolute Gasteiger partial charge is 0.422 e. The molecule has 2 aromatic carbocycles. The first-order valence-corrected chi connectivity index (χ1v) is 8.15. The molecular formula is C16H13ClF3N3O3S. The number of hydrogen-bond acceptors (Lipinski definition) is 4. The molecule has 2 rings (SSSR count). The quantitative estimate of drug-likeness (QED) is 0.389. The Morgan fingerprint density at radius 1 is 1.26 bits per heavy atom. The number of halogens is 4. The fraction of sp³-hybridized carbons (Fsp3) is 0.188. The maximum absolute atomic E-state index is 12.3. The molecule has 27 heavy (non-hydrogen) atoms. The number of benzene rings is 2. The van der Waals surface area contributed by atoms with E-state index >= 15 is 0 Å². The van der Waals surface area contributed by atoms with Crippen LogP contribution in [-0.4, -0.2) is 22.8 Å². The highest BCUT2D eigenvalue weighted by Crippen LogP contribution is 2.28. The second-order valence-electron chi connectivity index (χ2n) is 5.41. The van der Waals surface area contributed by atoms with Crippen LogP contribution in [0.5, 0.6) is 5.75 Å². The maximum Gasteiger partial charge on any atom is 0.422 e. The molecule has 0 atom stereocenters. The fourth-order valence-corrected chi connectivity index (χ4v) is 2.42. The lowest BCUT2D eigenvalue weighted by molar-refractivity contribution is -0.384. The normalized spacial score (nSPS) is 11.0. The Morgan fingerprint density at radius 3 is 2.59 bits per heavy atom. The molecule has 0 fully saturated rings. The Bertz CT molecular complexity index is 878. The minimum absolute atomic E-state index is 0.0719. The monoisotopic (exact) mass is 419 g/mol. The van der Waals surface area contributed by atoms with Crippen molar-refractivity contribution in [1.29, 1.82) is 0 Å². The SMILES string of the molecule is Cc1ccc(Cl)cc1NC(=S)Nc1cc(OCC(F)(F)F)cc([N+](=O)[O-])c1. The van der Waals surface area contributed by atoms with Crippen molar-refractivity contribution in [3.63, 3.8) is 0 Å². The summed E-state index contributed by atoms with van der Waals surface area (Å²) in [7, 11) is 0. The number of ether oxygens (including phenoxy) is 1. The highest BCUT2D eigenvalue weighted by atomic mass is 35.5. The standard InChI is InChI=1S/C16H13ClF3N3O3S/c1-9-2-3-10(17)4-14(9)22-15(27)21-11-5-12(23(24)25)7-13(6-11)26-8-16(18,19)20/h2-7H,8H2,1H3,(H2,21,22,27). The number of thiocarbonyl (C=S) groups is 1. The summed E-state index contributed by atoms with van der Waals surface area (Å²) in [6, 6.07) is 8.30. The summed E-state index contributed by atoms with van der Waals surface area (Å²) in [5, 5.41) is 17.1. The van der Waals surface area contributed by atoms with Gasteiger partial charge in [-0.15, -0.1) is 0 Å². The highest BCUT2D eigenvalue weighted by Gasteiger charge is 2.28. The van der Waals surface area contributed by atoms with Gasteiger partial charge in [-0.05, 0) is 36.8 Å². The molecule has 0 aliphatic rings. The van der Waals surface area contributed by atoms with Gasteiger partial charge in [0.1, 0.15) is 5.75 Å². The van der Waals surface area contributed by atoms with Gasteiger partial charge >= 0.3 is 6.18 Å². The zero-order valence-corrected chi connectivity index (χ0v) is 15.3. The van der Waals surface area contributed by atoms with Crippen LogP contribution in [0.2, 0.25) is 5.02 Å². The van der Waals surface area contributed by atoms with Gasteiger partial charge in [-0.1, -0.05) is 17.7 Å². The van der Waals surface area contributed by atoms with Crippen LogP contribution in [0.4, 0.5) is 30.2 Å². The first-order valence-electron chi connectivity index (χ1n) is 7.37. The number of anilines is 2. The largest absolute Gasteiger partial charge is 0.484 e. The van der Waals surface area contributed by atoms with Crippen LogP contribution in [0, 0.1) is 17.0 Å². The van der Waals surface area contributed by atoms with Crippen molar-refractivity contribution in [3.8, 4) is 5.75 Å². The van der Waals surface area contributed by atoms with E-state index in [1.807, 2.05) is 6.92 Å². The molecule has 11 heteroatoms. The molecule has 0 aromatic heterocycles. The van der Waals surface area contributed by atoms with E-state index in [9.17, 15) is 23.3 Å². The van der Waals surface area contributed by atoms with E-state index in [1.165, 1.54) is 6.07 Å². The molecule has 144 valence electrons. The molecule has 0 amide bonds. The van der Waals surface area contributed by atoms with Gasteiger partial charge in [0.15, 0.2) is 11.7 Å². The second kappa shape index (κ2) is 8.40. The van der Waals surface area contributed by atoms with Crippen molar-refractivity contribution >= 4 is 46.0 Å². The molecule has 0 spiro atoms. The Hall–Kier alpha value is -2.59. The zero-order valence-electron chi connectivity index (χ0n) is 13.8. The number of nitro benzene ring substituents is 1. The van der Waals surface area contributed by atoms with Crippen molar-refractivity contribution in [3.05, 3.63) is 57.1 Å². The summed E-state index contributed by atoms with van der Waals surface area (Å²) in [5.74, 6) is -0.314. The van der Waals surface area contributed by atoms with Crippen LogP contribution < -0.4 is 15.4 Å². The van der Waals surface area contributed by atoms with E-state index in [-0.39, 0.29) is 16.5 Å². The summed E-state index contributed by atoms with van der Waals surface area (Å²) in [6.45, 7) is 0.246. The molecule has 0 radical (unpaired) electrons. The van der Waals surface area contributed by atoms with Crippen LogP contribution in [0.15, 0.2) is 36.4 Å². The Kier molecular flexibility index (Phi) is 6.45. The van der Waals surface area contributed by atoms with Gasteiger partial charge in [-0.2, -0.15) is 13.2 Å². The lowest BCUT2D eigenvalue weighted by Gasteiger charge is -2.14. The van der Waals surface area contributed by atoms with Crippen molar-refractivity contribution < 1.29 is 22.8 Å². The number of hydrogen-bond donors (Lipinski definition) is 2. The first-order chi connectivity index (χ1) is 12.5. The van der Waals surface area contributed by atoms with Crippen LogP contribution in [0.25, 0.3) is 0 Å². The fourth-order valence-electron chi connectivity index (χ4n) is 2.02. The molecule has 0 aliphatic heterocycles. The third-order valence-corrected chi connectivity index (χ3v) is 3.65. The van der Waals surface area contributed by atoms with Gasteiger partial charge in [0.05, 0.1) is 16.7 Å². The molecule has 0 bridgehead atoms. The molecule has 0 aliphatic carbocycles. The molecule has 2 N–H and O–H groups in total. The van der Waals surface area contributed by atoms with Gasteiger partial charge in [-0.3, -0.25) is 10.1 Å². The van der Waals surface area contributed by atoms with Crippen LogP contribution in [0.1, 0.15) is 5.56 Å². The first kappa shape index (κ1) is 20.7. The van der Waals surface area contributed by atoms with Gasteiger partial charge < -0.3 is 15.4 Å². The van der Waals surface area contributed by atoms with Crippen LogP contribution >= 0.6 is 23.8 Å². The molecule has 0 unspecified atom stereocenters. The average Bonchev–Trinajstić information content (AvgIpc) is 2.55. The third kappa shape index (κ3) is 6.57. The second-order valence-corrected chi connectivity index (χ2v) is 6.26. The lowest BCUT2D eigenvalue weighted by atomic mass is 10.2. The average molecular weight is 420 g/mol. The molecule has 0 saturated heterocycles. The number of non-ortho nitro benzene ring substituents is 1. The maximum atomic E-state index is 12.3. The summed E-state index contributed by atoms with van der Waals surface area (Å²) >= 11 is 11.1. The third-order valence-electron chi connectivity index (χ3n) is 3.21. The molecule has 0 heterocycles. The van der Waals surface area contributed by atoms with E-state index in [2.05, 4.69) is 15.4 Å². The lowest BCUT2D eigenvalue weighted by Crippen LogP contribution is -2.21. The molecule has 6 nitrogen and oxygen atoms in total. The van der Waals surface area contributed by atoms with E-state index < -0.39 is 23.4 Å². The summed E-state index contributed by atoms with van der Waals surface area (Å²) < 4.78 is 41.5. The number of aryl methyl sites for hydroxylation is 1. The van der Waals surface area contributed by atoms with Crippen LogP contribution in [-0.2, 0) is 0 Å². The minimum atomic E-state index is -4.57. The summed E-state index contributed by atoms with van der Waals surface area (Å²) in [6.07, 6.45) is -4.57. The van der Waals surface area contributed by atoms with Crippen LogP contribution in [0.3, 0.4) is 0 Å².